The van der Waals surface area contributed by atoms with Gasteiger partial charge in [-0.15, -0.1) is 0 Å². The number of rotatable bonds is 7. The first-order valence-corrected chi connectivity index (χ1v) is 8.29. The molecule has 0 saturated heterocycles. The van der Waals surface area contributed by atoms with Crippen LogP contribution in [0.25, 0.3) is 0 Å². The molecule has 0 fully saturated rings. The summed E-state index contributed by atoms with van der Waals surface area (Å²) >= 11 is 5.86. The Hall–Kier alpha value is -2.53. The number of ether oxygens (including phenoxy) is 1. The molecule has 0 spiro atoms. The molecule has 2 unspecified atom stereocenters. The van der Waals surface area contributed by atoms with Crippen LogP contribution in [0.2, 0.25) is 5.02 Å². The smallest absolute Gasteiger partial charge is 0.408 e. The Morgan fingerprint density at radius 3 is 2.36 bits per heavy atom. The average molecular weight is 362 g/mol. The molecule has 0 saturated carbocycles. The number of carbonyl (C=O) groups is 2. The van der Waals surface area contributed by atoms with E-state index in [-0.39, 0.29) is 18.9 Å². The van der Waals surface area contributed by atoms with Crippen molar-refractivity contribution in [1.82, 2.24) is 5.32 Å². The third-order valence-electron chi connectivity index (χ3n) is 3.83. The fourth-order valence-electron chi connectivity index (χ4n) is 2.41. The number of halogens is 1. The van der Waals surface area contributed by atoms with E-state index in [1.807, 2.05) is 49.4 Å². The minimum Gasteiger partial charge on any atom is -0.480 e. The number of nitrogens with one attached hydrogen (secondary N) is 1. The highest BCUT2D eigenvalue weighted by atomic mass is 35.5. The number of aliphatic carboxylic acids is 1. The van der Waals surface area contributed by atoms with Crippen molar-refractivity contribution in [3.8, 4) is 0 Å². The van der Waals surface area contributed by atoms with E-state index in [4.69, 9.17) is 16.3 Å². The number of benzene rings is 2. The number of hydrogen-bond donors (Lipinski definition) is 2. The van der Waals surface area contributed by atoms with Crippen molar-refractivity contribution in [1.29, 1.82) is 0 Å². The molecule has 2 atom stereocenters. The van der Waals surface area contributed by atoms with Gasteiger partial charge in [-0.25, -0.2) is 9.59 Å². The van der Waals surface area contributed by atoms with Gasteiger partial charge in [-0.2, -0.15) is 0 Å². The number of hydrogen-bond acceptors (Lipinski definition) is 3. The average Bonchev–Trinajstić information content (AvgIpc) is 2.60. The molecule has 1 amide bonds. The molecule has 2 rings (SSSR count). The lowest BCUT2D eigenvalue weighted by molar-refractivity contribution is -0.139. The standard InChI is InChI=1S/C19H20ClNO4/c1-13(15-7-9-16(20)10-8-15)11-17(18(22)23)21-19(24)25-12-14-5-3-2-4-6-14/h2-10,13,17H,11-12H2,1H3,(H,21,24)(H,22,23). The van der Waals surface area contributed by atoms with Gasteiger partial charge in [0, 0.05) is 5.02 Å². The number of carboxylic acids is 1. The molecule has 0 aliphatic heterocycles. The topological polar surface area (TPSA) is 75.6 Å². The molecular formula is C19H20ClNO4. The van der Waals surface area contributed by atoms with Gasteiger partial charge in [-0.05, 0) is 35.6 Å². The first-order valence-electron chi connectivity index (χ1n) is 7.91. The van der Waals surface area contributed by atoms with Crippen molar-refractivity contribution in [3.05, 3.63) is 70.7 Å². The van der Waals surface area contributed by atoms with Crippen molar-refractivity contribution >= 4 is 23.7 Å². The number of amides is 1. The lowest BCUT2D eigenvalue weighted by Crippen LogP contribution is -2.41. The second-order valence-electron chi connectivity index (χ2n) is 5.79. The van der Waals surface area contributed by atoms with Crippen LogP contribution in [0.1, 0.15) is 30.4 Å². The van der Waals surface area contributed by atoms with Gasteiger partial charge in [0.2, 0.25) is 0 Å². The zero-order valence-corrected chi connectivity index (χ0v) is 14.6. The minimum atomic E-state index is -1.10. The van der Waals surface area contributed by atoms with E-state index in [0.717, 1.165) is 11.1 Å². The Morgan fingerprint density at radius 1 is 1.12 bits per heavy atom. The van der Waals surface area contributed by atoms with Crippen LogP contribution >= 0.6 is 11.6 Å². The molecule has 2 aromatic rings. The Kier molecular flexibility index (Phi) is 6.83. The molecule has 132 valence electrons. The summed E-state index contributed by atoms with van der Waals surface area (Å²) in [4.78, 5) is 23.3. The summed E-state index contributed by atoms with van der Waals surface area (Å²) in [5, 5.41) is 12.4. The van der Waals surface area contributed by atoms with Gasteiger partial charge in [0.1, 0.15) is 12.6 Å². The van der Waals surface area contributed by atoms with E-state index in [1.165, 1.54) is 0 Å². The summed E-state index contributed by atoms with van der Waals surface area (Å²) in [5.74, 6) is -1.16. The number of carbonyl (C=O) groups excluding carboxylic acids is 1. The highest BCUT2D eigenvalue weighted by molar-refractivity contribution is 6.30. The monoisotopic (exact) mass is 361 g/mol. The fourth-order valence-corrected chi connectivity index (χ4v) is 2.54. The molecule has 0 bridgehead atoms. The van der Waals surface area contributed by atoms with Crippen LogP contribution in [0.3, 0.4) is 0 Å². The van der Waals surface area contributed by atoms with Gasteiger partial charge in [0.15, 0.2) is 0 Å². The Bertz CT molecular complexity index is 703. The first kappa shape index (κ1) is 18.8. The van der Waals surface area contributed by atoms with Gasteiger partial charge < -0.3 is 15.2 Å². The van der Waals surface area contributed by atoms with Crippen molar-refractivity contribution in [2.45, 2.75) is 31.9 Å². The van der Waals surface area contributed by atoms with Crippen LogP contribution in [0.15, 0.2) is 54.6 Å². The Morgan fingerprint density at radius 2 is 1.76 bits per heavy atom. The maximum Gasteiger partial charge on any atom is 0.408 e. The fraction of sp³-hybridized carbons (Fsp3) is 0.263. The van der Waals surface area contributed by atoms with Gasteiger partial charge in [0.05, 0.1) is 0 Å². The summed E-state index contributed by atoms with van der Waals surface area (Å²) in [6, 6.07) is 15.4. The molecule has 0 heterocycles. The lowest BCUT2D eigenvalue weighted by Gasteiger charge is -2.19. The first-order chi connectivity index (χ1) is 12.0. The van der Waals surface area contributed by atoms with Crippen molar-refractivity contribution in [2.24, 2.45) is 0 Å². The van der Waals surface area contributed by atoms with Crippen molar-refractivity contribution in [2.75, 3.05) is 0 Å². The van der Waals surface area contributed by atoms with Crippen molar-refractivity contribution in [3.63, 3.8) is 0 Å². The maximum absolute atomic E-state index is 11.9. The third-order valence-corrected chi connectivity index (χ3v) is 4.08. The zero-order chi connectivity index (χ0) is 18.2. The number of carboxylic acid groups (broad SMARTS) is 1. The highest BCUT2D eigenvalue weighted by Gasteiger charge is 2.23. The van der Waals surface area contributed by atoms with E-state index >= 15 is 0 Å². The van der Waals surface area contributed by atoms with Crippen LogP contribution < -0.4 is 5.32 Å². The Balaban J connectivity index is 1.90. The summed E-state index contributed by atoms with van der Waals surface area (Å²) < 4.78 is 5.08. The largest absolute Gasteiger partial charge is 0.480 e. The summed E-state index contributed by atoms with van der Waals surface area (Å²) in [5.41, 5.74) is 1.79. The van der Waals surface area contributed by atoms with Crippen LogP contribution in [-0.4, -0.2) is 23.2 Å². The molecule has 2 N–H and O–H groups in total. The predicted octanol–water partition coefficient (Wildman–Crippen LogP) is 4.21. The van der Waals surface area contributed by atoms with Crippen LogP contribution in [0.4, 0.5) is 4.79 Å². The van der Waals surface area contributed by atoms with Crippen molar-refractivity contribution < 1.29 is 19.4 Å². The van der Waals surface area contributed by atoms with Gasteiger partial charge in [0.25, 0.3) is 0 Å². The van der Waals surface area contributed by atoms with Crippen LogP contribution in [-0.2, 0) is 16.1 Å². The molecule has 0 radical (unpaired) electrons. The maximum atomic E-state index is 11.9. The van der Waals surface area contributed by atoms with Crippen LogP contribution in [0.5, 0.6) is 0 Å². The molecule has 0 aliphatic carbocycles. The number of alkyl carbamates (subject to hydrolysis) is 1. The zero-order valence-electron chi connectivity index (χ0n) is 13.8. The van der Waals surface area contributed by atoms with E-state index < -0.39 is 18.1 Å². The van der Waals surface area contributed by atoms with Crippen LogP contribution in [0, 0.1) is 0 Å². The predicted molar refractivity (Wildman–Crippen MR) is 95.7 cm³/mol. The van der Waals surface area contributed by atoms with E-state index in [2.05, 4.69) is 5.32 Å². The summed E-state index contributed by atoms with van der Waals surface area (Å²) in [6.45, 7) is 1.99. The SMILES string of the molecule is CC(CC(NC(=O)OCc1ccccc1)C(=O)O)c1ccc(Cl)cc1. The molecular weight excluding hydrogens is 342 g/mol. The van der Waals surface area contributed by atoms with E-state index in [0.29, 0.717) is 5.02 Å². The Labute approximate surface area is 151 Å². The second-order valence-corrected chi connectivity index (χ2v) is 6.22. The molecule has 6 heteroatoms. The summed E-state index contributed by atoms with van der Waals surface area (Å²) in [6.07, 6.45) is -0.503. The second kappa shape index (κ2) is 9.08. The summed E-state index contributed by atoms with van der Waals surface area (Å²) in [7, 11) is 0. The molecule has 0 aliphatic rings. The van der Waals surface area contributed by atoms with E-state index in [1.54, 1.807) is 12.1 Å². The quantitative estimate of drug-likeness (QED) is 0.774. The molecule has 0 aromatic heterocycles. The molecule has 2 aromatic carbocycles. The highest BCUT2D eigenvalue weighted by Crippen LogP contribution is 2.22. The van der Waals surface area contributed by atoms with Gasteiger partial charge >= 0.3 is 12.1 Å². The normalized spacial score (nSPS) is 12.9. The lowest BCUT2D eigenvalue weighted by atomic mass is 9.94. The van der Waals surface area contributed by atoms with Gasteiger partial charge in [-0.1, -0.05) is 61.0 Å². The minimum absolute atomic E-state index is 0.0622. The third kappa shape index (κ3) is 6.12. The molecule has 5 nitrogen and oxygen atoms in total. The van der Waals surface area contributed by atoms with E-state index in [9.17, 15) is 14.7 Å². The van der Waals surface area contributed by atoms with Gasteiger partial charge in [-0.3, -0.25) is 0 Å². The molecule has 25 heavy (non-hydrogen) atoms.